The van der Waals surface area contributed by atoms with Gasteiger partial charge in [0.15, 0.2) is 0 Å². The van der Waals surface area contributed by atoms with E-state index in [0.29, 0.717) is 22.9 Å². The van der Waals surface area contributed by atoms with Crippen LogP contribution in [0.15, 0.2) is 75.3 Å². The molecule has 8 N–H and O–H groups in total. The van der Waals surface area contributed by atoms with Gasteiger partial charge in [-0.15, -0.1) is 5.11 Å². The molecule has 0 aromatic heterocycles. The molecule has 0 saturated heterocycles. The molecule has 1 amide bonds. The molecule has 0 spiro atoms. The molecule has 2 aromatic rings. The van der Waals surface area contributed by atoms with E-state index < -0.39 is 0 Å². The highest BCUT2D eigenvalue weighted by Gasteiger charge is 2.06. The molecule has 13 nitrogen and oxygen atoms in total. The molecular formula is C37H64N10O3S. The largest absolute Gasteiger partial charge is 0.496 e. The fraction of sp³-hybridized carbons (Fsp3) is 0.459. The SMILES string of the molecule is C=C(N)/N=C\C(=C/N)c1ccc(C#N)c(OC)c1.CC.CCCC(CCNC)NC=O.CCCN=CN=NN.COc1ccc(C)cc1C.CS. The topological polar surface area (TPSA) is 211 Å². The van der Waals surface area contributed by atoms with Crippen LogP contribution in [-0.4, -0.2) is 65.6 Å². The first-order chi connectivity index (χ1) is 24.6. The van der Waals surface area contributed by atoms with Crippen molar-refractivity contribution < 1.29 is 14.3 Å². The van der Waals surface area contributed by atoms with Crippen molar-refractivity contribution in [3.8, 4) is 17.6 Å². The van der Waals surface area contributed by atoms with Gasteiger partial charge >= 0.3 is 0 Å². The van der Waals surface area contributed by atoms with Gasteiger partial charge in [-0.2, -0.15) is 17.9 Å². The van der Waals surface area contributed by atoms with Gasteiger partial charge in [0.25, 0.3) is 0 Å². The number of thiol groups is 1. The van der Waals surface area contributed by atoms with Crippen molar-refractivity contribution in [2.75, 3.05) is 40.6 Å². The van der Waals surface area contributed by atoms with Crippen LogP contribution >= 0.6 is 12.6 Å². The zero-order valence-electron chi connectivity index (χ0n) is 32.4. The van der Waals surface area contributed by atoms with Gasteiger partial charge < -0.3 is 37.4 Å². The average molecular weight is 729 g/mol. The molecule has 0 radical (unpaired) electrons. The van der Waals surface area contributed by atoms with Gasteiger partial charge in [0.05, 0.1) is 19.8 Å². The molecule has 0 aliphatic carbocycles. The van der Waals surface area contributed by atoms with Gasteiger partial charge in [0.2, 0.25) is 6.41 Å². The minimum atomic E-state index is 0.190. The van der Waals surface area contributed by atoms with E-state index in [-0.39, 0.29) is 5.82 Å². The van der Waals surface area contributed by atoms with Crippen LogP contribution in [0, 0.1) is 25.2 Å². The zero-order valence-corrected chi connectivity index (χ0v) is 33.3. The maximum Gasteiger partial charge on any atom is 0.207 e. The van der Waals surface area contributed by atoms with E-state index in [1.165, 1.54) is 37.0 Å². The number of nitrogens with zero attached hydrogens (tertiary/aromatic N) is 5. The van der Waals surface area contributed by atoms with E-state index in [1.807, 2.05) is 52.9 Å². The Bertz CT molecular complexity index is 1330. The number of rotatable bonds is 15. The summed E-state index contributed by atoms with van der Waals surface area (Å²) < 4.78 is 10.2. The van der Waals surface area contributed by atoms with Crippen molar-refractivity contribution in [3.63, 3.8) is 0 Å². The molecule has 1 unspecified atom stereocenters. The maximum absolute atomic E-state index is 10.1. The van der Waals surface area contributed by atoms with Crippen molar-refractivity contribution in [2.45, 2.75) is 73.3 Å². The summed E-state index contributed by atoms with van der Waals surface area (Å²) >= 11 is 3.53. The quantitative estimate of drug-likeness (QED) is 0.0226. The Labute approximate surface area is 313 Å². The third-order valence-corrected chi connectivity index (χ3v) is 5.99. The number of carbonyl (C=O) groups is 1. The van der Waals surface area contributed by atoms with E-state index >= 15 is 0 Å². The van der Waals surface area contributed by atoms with Crippen LogP contribution in [0.4, 0.5) is 0 Å². The number of nitriles is 1. The van der Waals surface area contributed by atoms with Gasteiger partial charge in [-0.3, -0.25) is 9.79 Å². The number of ether oxygens (including phenoxy) is 2. The Kier molecular flexibility index (Phi) is 41.1. The second-order valence-electron chi connectivity index (χ2n) is 9.79. The molecular weight excluding hydrogens is 665 g/mol. The summed E-state index contributed by atoms with van der Waals surface area (Å²) in [5.41, 5.74) is 15.2. The predicted octanol–water partition coefficient (Wildman–Crippen LogP) is 6.51. The van der Waals surface area contributed by atoms with Crippen LogP contribution in [-0.2, 0) is 4.79 Å². The number of allylic oxidation sites excluding steroid dienone is 1. The molecule has 0 aliphatic rings. The number of aliphatic imine (C=N–C) groups is 2. The molecule has 2 rings (SSSR count). The molecule has 286 valence electrons. The minimum Gasteiger partial charge on any atom is -0.496 e. The number of methoxy groups -OCH3 is 2. The highest BCUT2D eigenvalue weighted by Crippen LogP contribution is 2.23. The van der Waals surface area contributed by atoms with Gasteiger partial charge in [0, 0.05) is 30.6 Å². The van der Waals surface area contributed by atoms with Gasteiger partial charge in [0.1, 0.15) is 29.7 Å². The lowest BCUT2D eigenvalue weighted by Gasteiger charge is -2.13. The van der Waals surface area contributed by atoms with Crippen molar-refractivity contribution in [1.29, 1.82) is 5.26 Å². The second-order valence-corrected chi connectivity index (χ2v) is 9.79. The van der Waals surface area contributed by atoms with Crippen molar-refractivity contribution in [3.05, 3.63) is 77.3 Å². The van der Waals surface area contributed by atoms with Crippen LogP contribution in [0.5, 0.6) is 11.5 Å². The number of nitrogens with one attached hydrogen (secondary N) is 2. The summed E-state index contributed by atoms with van der Waals surface area (Å²) in [5.74, 6) is 6.31. The van der Waals surface area contributed by atoms with Gasteiger partial charge in [-0.25, -0.2) is 4.99 Å². The molecule has 2 aromatic carbocycles. The number of carbonyl (C=O) groups excluding carboxylic acids is 1. The fourth-order valence-electron chi connectivity index (χ4n) is 3.69. The molecule has 0 heterocycles. The normalized spacial score (nSPS) is 10.6. The first-order valence-corrected chi connectivity index (χ1v) is 17.5. The van der Waals surface area contributed by atoms with E-state index in [2.05, 4.69) is 75.9 Å². The number of nitrogens with two attached hydrogens (primary N) is 3. The molecule has 0 bridgehead atoms. The minimum absolute atomic E-state index is 0.190. The lowest BCUT2D eigenvalue weighted by atomic mass is 10.0. The molecule has 0 aliphatic heterocycles. The number of benzene rings is 2. The third-order valence-electron chi connectivity index (χ3n) is 5.99. The average Bonchev–Trinajstić information content (AvgIpc) is 3.15. The summed E-state index contributed by atoms with van der Waals surface area (Å²) in [7, 11) is 5.11. The number of aryl methyl sites for hydroxylation is 2. The summed E-state index contributed by atoms with van der Waals surface area (Å²) in [6.45, 7) is 17.5. The molecule has 1 atom stereocenters. The van der Waals surface area contributed by atoms with Crippen LogP contribution in [0.2, 0.25) is 0 Å². The van der Waals surface area contributed by atoms with Crippen LogP contribution in [0.1, 0.15) is 75.6 Å². The number of hydrogen-bond donors (Lipinski definition) is 6. The first kappa shape index (κ1) is 52.9. The predicted molar refractivity (Wildman–Crippen MR) is 220 cm³/mol. The van der Waals surface area contributed by atoms with Gasteiger partial charge in [-0.1, -0.05) is 69.7 Å². The van der Waals surface area contributed by atoms with E-state index in [9.17, 15) is 4.79 Å². The van der Waals surface area contributed by atoms with Crippen molar-refractivity contribution in [2.24, 2.45) is 37.6 Å². The Morgan fingerprint density at radius 3 is 2.16 bits per heavy atom. The monoisotopic (exact) mass is 728 g/mol. The van der Waals surface area contributed by atoms with Crippen LogP contribution in [0.3, 0.4) is 0 Å². The van der Waals surface area contributed by atoms with E-state index in [4.69, 9.17) is 26.2 Å². The Balaban J connectivity index is -0.000000292. The highest BCUT2D eigenvalue weighted by atomic mass is 32.1. The van der Waals surface area contributed by atoms with Crippen LogP contribution < -0.4 is 37.4 Å². The molecule has 0 fully saturated rings. The molecule has 0 saturated carbocycles. The maximum atomic E-state index is 10.1. The van der Waals surface area contributed by atoms with E-state index in [1.54, 1.807) is 31.6 Å². The lowest BCUT2D eigenvalue weighted by Crippen LogP contribution is -2.30. The van der Waals surface area contributed by atoms with Crippen LogP contribution in [0.25, 0.3) is 5.57 Å². The first-order valence-electron chi connectivity index (χ1n) is 16.6. The summed E-state index contributed by atoms with van der Waals surface area (Å²) in [6, 6.07) is 13.7. The summed E-state index contributed by atoms with van der Waals surface area (Å²) in [5, 5.41) is 21.0. The number of hydrogen-bond acceptors (Lipinski definition) is 11. The molecule has 51 heavy (non-hydrogen) atoms. The highest BCUT2D eigenvalue weighted by molar-refractivity contribution is 7.79. The van der Waals surface area contributed by atoms with Gasteiger partial charge in [-0.05, 0) is 82.3 Å². The summed E-state index contributed by atoms with van der Waals surface area (Å²) in [6.07, 6.45) is 11.0. The lowest BCUT2D eigenvalue weighted by molar-refractivity contribution is -0.110. The Morgan fingerprint density at radius 1 is 1.06 bits per heavy atom. The smallest absolute Gasteiger partial charge is 0.207 e. The zero-order chi connectivity index (χ0) is 39.9. The fourth-order valence-corrected chi connectivity index (χ4v) is 3.69. The Hall–Kier alpha value is -4.87. The summed E-state index contributed by atoms with van der Waals surface area (Å²) in [4.78, 5) is 17.8. The van der Waals surface area contributed by atoms with Crippen molar-refractivity contribution >= 4 is 37.2 Å². The number of amides is 1. The van der Waals surface area contributed by atoms with E-state index in [0.717, 1.165) is 56.5 Å². The van der Waals surface area contributed by atoms with Crippen molar-refractivity contribution in [1.82, 2.24) is 10.6 Å². The molecule has 14 heteroatoms. The second kappa shape index (κ2) is 39.6. The third kappa shape index (κ3) is 29.7. The Morgan fingerprint density at radius 2 is 1.71 bits per heavy atom. The standard InChI is InChI=1S/C13H14N4O.C9H12O.C8H18N2O.C4H10N4.C2H6.CH4S/c1-9(16)17-8-12(7-15)10-3-4-11(6-14)13(5-10)18-2;1-7-4-5-9(10-3)8(2)6-7;1-3-4-8(10-7-11)5-6-9-2;1-2-3-6-4-7-8-5;2*1-2/h3-5,7-8H,1,15-16H2,2H3;4-6H,1-3H3;7-9H,3-6H2,1-2H3,(H,10,11);4H,2-3H2,1H3,(H2,5,6,7);1-2H3;2H,1H3/b12-7+,17-8-;;;;;.